The molecule has 0 aromatic heterocycles. The zero-order valence-electron chi connectivity index (χ0n) is 22.4. The van der Waals surface area contributed by atoms with Crippen molar-refractivity contribution in [3.05, 3.63) is 89.5 Å². The number of rotatable bonds is 3. The molecule has 36 heavy (non-hydrogen) atoms. The summed E-state index contributed by atoms with van der Waals surface area (Å²) in [7, 11) is 6.12. The molecular formula is C32H36N2O2. The van der Waals surface area contributed by atoms with Crippen LogP contribution >= 0.6 is 0 Å². The van der Waals surface area contributed by atoms with Crippen molar-refractivity contribution in [1.29, 1.82) is 0 Å². The number of hydrogen-bond donors (Lipinski definition) is 0. The predicted octanol–water partition coefficient (Wildman–Crippen LogP) is 6.78. The molecule has 1 spiro atoms. The van der Waals surface area contributed by atoms with Crippen molar-refractivity contribution in [3.8, 4) is 11.5 Å². The number of likely N-dealkylation sites (N-methyl/N-ethyl adjacent to an activating group) is 2. The van der Waals surface area contributed by atoms with Crippen LogP contribution in [0.5, 0.6) is 11.5 Å². The SMILES string of the molecule is COc1ccc2c(c1)OC1(C=C2CC2N(C)c3ccccc3C2(C)C)N(C)c2ccccc2C1(C)C. The molecule has 2 atom stereocenters. The number of benzene rings is 3. The summed E-state index contributed by atoms with van der Waals surface area (Å²) < 4.78 is 12.6. The number of fused-ring (bicyclic) bond motifs is 3. The molecule has 2 unspecified atom stereocenters. The van der Waals surface area contributed by atoms with Gasteiger partial charge in [-0.2, -0.15) is 0 Å². The molecule has 0 N–H and O–H groups in total. The number of nitrogens with zero attached hydrogens (tertiary/aromatic N) is 2. The first-order valence-electron chi connectivity index (χ1n) is 12.9. The largest absolute Gasteiger partial charge is 0.497 e. The van der Waals surface area contributed by atoms with Crippen molar-refractivity contribution in [2.45, 2.75) is 56.7 Å². The van der Waals surface area contributed by atoms with Crippen LogP contribution < -0.4 is 19.3 Å². The fraction of sp³-hybridized carbons (Fsp3) is 0.375. The highest BCUT2D eigenvalue weighted by molar-refractivity contribution is 5.80. The lowest BCUT2D eigenvalue weighted by Crippen LogP contribution is -2.58. The van der Waals surface area contributed by atoms with E-state index in [-0.39, 0.29) is 10.8 Å². The summed E-state index contributed by atoms with van der Waals surface area (Å²) in [6, 6.07) is 24.1. The van der Waals surface area contributed by atoms with Crippen molar-refractivity contribution in [1.82, 2.24) is 0 Å². The van der Waals surface area contributed by atoms with E-state index in [0.717, 1.165) is 23.5 Å². The molecular weight excluding hydrogens is 444 g/mol. The average molecular weight is 481 g/mol. The molecule has 3 aliphatic rings. The first-order valence-corrected chi connectivity index (χ1v) is 12.9. The topological polar surface area (TPSA) is 24.9 Å². The second-order valence-electron chi connectivity index (χ2n) is 11.6. The van der Waals surface area contributed by atoms with Gasteiger partial charge in [0.25, 0.3) is 0 Å². The zero-order valence-corrected chi connectivity index (χ0v) is 22.4. The van der Waals surface area contributed by atoms with Crippen molar-refractivity contribution in [3.63, 3.8) is 0 Å². The van der Waals surface area contributed by atoms with E-state index in [2.05, 4.69) is 118 Å². The Kier molecular flexibility index (Phi) is 4.83. The van der Waals surface area contributed by atoms with Gasteiger partial charge in [-0.15, -0.1) is 0 Å². The van der Waals surface area contributed by atoms with Crippen LogP contribution in [0.4, 0.5) is 11.4 Å². The van der Waals surface area contributed by atoms with Crippen molar-refractivity contribution in [2.24, 2.45) is 0 Å². The smallest absolute Gasteiger partial charge is 0.212 e. The minimum atomic E-state index is -0.639. The highest BCUT2D eigenvalue weighted by Crippen LogP contribution is 2.57. The molecule has 0 radical (unpaired) electrons. The number of ether oxygens (including phenoxy) is 2. The van der Waals surface area contributed by atoms with Gasteiger partial charge in [0, 0.05) is 48.6 Å². The van der Waals surface area contributed by atoms with Crippen molar-refractivity contribution < 1.29 is 9.47 Å². The molecule has 0 amide bonds. The lowest BCUT2D eigenvalue weighted by Gasteiger charge is -2.47. The van der Waals surface area contributed by atoms with Crippen LogP contribution in [0, 0.1) is 0 Å². The maximum Gasteiger partial charge on any atom is 0.212 e. The first-order chi connectivity index (χ1) is 17.1. The van der Waals surface area contributed by atoms with Crippen LogP contribution in [0.1, 0.15) is 50.8 Å². The fourth-order valence-electron chi connectivity index (χ4n) is 6.98. The van der Waals surface area contributed by atoms with Crippen LogP contribution in [0.15, 0.2) is 72.8 Å². The van der Waals surface area contributed by atoms with E-state index in [4.69, 9.17) is 9.47 Å². The fourth-order valence-corrected chi connectivity index (χ4v) is 6.98. The van der Waals surface area contributed by atoms with Gasteiger partial charge in [-0.25, -0.2) is 0 Å². The minimum Gasteiger partial charge on any atom is -0.497 e. The molecule has 6 rings (SSSR count). The second kappa shape index (κ2) is 7.55. The van der Waals surface area contributed by atoms with Crippen molar-refractivity contribution in [2.75, 3.05) is 31.0 Å². The summed E-state index contributed by atoms with van der Waals surface area (Å²) >= 11 is 0. The summed E-state index contributed by atoms with van der Waals surface area (Å²) in [5.74, 6) is 1.70. The molecule has 3 aromatic carbocycles. The molecule has 3 aliphatic heterocycles. The normalized spacial score (nSPS) is 24.6. The molecule has 0 fully saturated rings. The van der Waals surface area contributed by atoms with Crippen molar-refractivity contribution >= 4 is 16.9 Å². The van der Waals surface area contributed by atoms with Gasteiger partial charge in [-0.1, -0.05) is 50.2 Å². The monoisotopic (exact) mass is 480 g/mol. The third-order valence-electron chi connectivity index (χ3n) is 9.19. The van der Waals surface area contributed by atoms with Gasteiger partial charge in [0.15, 0.2) is 0 Å². The summed E-state index contributed by atoms with van der Waals surface area (Å²) in [6.07, 6.45) is 3.33. The van der Waals surface area contributed by atoms with Crippen LogP contribution in [0.2, 0.25) is 0 Å². The number of hydrogen-bond acceptors (Lipinski definition) is 4. The molecule has 3 aromatic rings. The number of methoxy groups -OCH3 is 1. The van der Waals surface area contributed by atoms with E-state index in [9.17, 15) is 0 Å². The van der Waals surface area contributed by atoms with E-state index in [0.29, 0.717) is 6.04 Å². The summed E-state index contributed by atoms with van der Waals surface area (Å²) in [5, 5.41) is 0. The molecule has 4 nitrogen and oxygen atoms in total. The Morgan fingerprint density at radius 2 is 1.53 bits per heavy atom. The van der Waals surface area contributed by atoms with Gasteiger partial charge in [-0.05, 0) is 67.3 Å². The van der Waals surface area contributed by atoms with E-state index in [1.807, 2.05) is 6.07 Å². The Labute approximate surface area is 215 Å². The van der Waals surface area contributed by atoms with Crippen LogP contribution in [-0.4, -0.2) is 33.0 Å². The molecule has 0 saturated carbocycles. The summed E-state index contributed by atoms with van der Waals surface area (Å²) in [4.78, 5) is 4.79. The van der Waals surface area contributed by atoms with Gasteiger partial charge in [-0.3, -0.25) is 0 Å². The highest BCUT2D eigenvalue weighted by Gasteiger charge is 2.58. The summed E-state index contributed by atoms with van der Waals surface area (Å²) in [5.41, 5.74) is 6.87. The zero-order chi connectivity index (χ0) is 25.5. The van der Waals surface area contributed by atoms with Crippen LogP contribution in [0.25, 0.3) is 5.57 Å². The Bertz CT molecular complexity index is 1390. The maximum absolute atomic E-state index is 7.02. The summed E-state index contributed by atoms with van der Waals surface area (Å²) in [6.45, 7) is 9.37. The van der Waals surface area contributed by atoms with Gasteiger partial charge < -0.3 is 19.3 Å². The van der Waals surface area contributed by atoms with Crippen LogP contribution in [0.3, 0.4) is 0 Å². The van der Waals surface area contributed by atoms with Gasteiger partial charge >= 0.3 is 0 Å². The van der Waals surface area contributed by atoms with Gasteiger partial charge in [0.05, 0.1) is 12.5 Å². The molecule has 0 saturated heterocycles. The predicted molar refractivity (Wildman–Crippen MR) is 148 cm³/mol. The van der Waals surface area contributed by atoms with E-state index in [1.165, 1.54) is 28.1 Å². The maximum atomic E-state index is 7.02. The minimum absolute atomic E-state index is 0.0182. The molecule has 3 heterocycles. The van der Waals surface area contributed by atoms with E-state index >= 15 is 0 Å². The second-order valence-corrected chi connectivity index (χ2v) is 11.6. The highest BCUT2D eigenvalue weighted by atomic mass is 16.5. The third kappa shape index (κ3) is 2.87. The lowest BCUT2D eigenvalue weighted by molar-refractivity contribution is 0.0568. The van der Waals surface area contributed by atoms with Crippen LogP contribution in [-0.2, 0) is 10.8 Å². The molecule has 4 heteroatoms. The first kappa shape index (κ1) is 23.0. The Balaban J connectivity index is 1.51. The third-order valence-corrected chi connectivity index (χ3v) is 9.19. The van der Waals surface area contributed by atoms with Gasteiger partial charge in [0.1, 0.15) is 11.5 Å². The molecule has 0 bridgehead atoms. The Hall–Kier alpha value is -3.40. The molecule has 0 aliphatic carbocycles. The Morgan fingerprint density at radius 3 is 2.19 bits per heavy atom. The lowest BCUT2D eigenvalue weighted by atomic mass is 9.73. The van der Waals surface area contributed by atoms with E-state index in [1.54, 1.807) is 7.11 Å². The van der Waals surface area contributed by atoms with Gasteiger partial charge in [0.2, 0.25) is 5.72 Å². The Morgan fingerprint density at radius 1 is 0.861 bits per heavy atom. The number of para-hydroxylation sites is 2. The standard InChI is InChI=1S/C32H36N2O2/c1-30(2)24-12-8-10-14-26(24)33(5)29(30)18-21-20-32(36-28-19-22(35-7)16-17-23(21)28)31(3,4)25-13-9-11-15-27(25)34(32)6/h8-17,19-20,29H,18H2,1-7H3. The molecule has 186 valence electrons. The quantitative estimate of drug-likeness (QED) is 0.412. The average Bonchev–Trinajstić information content (AvgIpc) is 3.17. The van der Waals surface area contributed by atoms with E-state index < -0.39 is 5.72 Å². The number of anilines is 2.